The van der Waals surface area contributed by atoms with Gasteiger partial charge < -0.3 is 5.11 Å². The highest BCUT2D eigenvalue weighted by Gasteiger charge is 2.69. The fraction of sp³-hybridized carbons (Fsp3) is 1.00. The third-order valence-corrected chi connectivity index (χ3v) is 7.36. The quantitative estimate of drug-likeness (QED) is 0.663. The summed E-state index contributed by atoms with van der Waals surface area (Å²) in [7, 11) is 0. The van der Waals surface area contributed by atoms with E-state index in [0.717, 1.165) is 23.7 Å². The molecule has 1 spiro atoms. The van der Waals surface area contributed by atoms with Crippen LogP contribution >= 0.6 is 0 Å². The van der Waals surface area contributed by atoms with Crippen molar-refractivity contribution in [3.8, 4) is 0 Å². The molecule has 0 aromatic carbocycles. The predicted octanol–water partition coefficient (Wildman–Crippen LogP) is 3.36. The lowest BCUT2D eigenvalue weighted by Gasteiger charge is -2.40. The largest absolute Gasteiger partial charge is 0.393 e. The average Bonchev–Trinajstić information content (AvgIpc) is 2.77. The molecule has 0 amide bonds. The van der Waals surface area contributed by atoms with Gasteiger partial charge in [0.1, 0.15) is 0 Å². The first-order valence-corrected chi connectivity index (χ1v) is 7.17. The van der Waals surface area contributed by atoms with Crippen LogP contribution in [0.2, 0.25) is 0 Å². The number of aliphatic hydroxyl groups is 1. The molecule has 16 heavy (non-hydrogen) atoms. The molecule has 4 aliphatic rings. The van der Waals surface area contributed by atoms with Gasteiger partial charge in [0.15, 0.2) is 0 Å². The fourth-order valence-corrected chi connectivity index (χ4v) is 5.90. The highest BCUT2D eigenvalue weighted by Crippen LogP contribution is 2.76. The predicted molar refractivity (Wildman–Crippen MR) is 64.0 cm³/mol. The van der Waals surface area contributed by atoms with Crippen molar-refractivity contribution in [1.29, 1.82) is 0 Å². The molecule has 1 N–H and O–H groups in total. The highest BCUT2D eigenvalue weighted by atomic mass is 16.3. The van der Waals surface area contributed by atoms with Crippen LogP contribution in [0.3, 0.4) is 0 Å². The Labute approximate surface area is 98.6 Å². The van der Waals surface area contributed by atoms with Gasteiger partial charge in [0.05, 0.1) is 6.10 Å². The van der Waals surface area contributed by atoms with Gasteiger partial charge in [0.2, 0.25) is 0 Å². The first-order valence-electron chi connectivity index (χ1n) is 7.17. The highest BCUT2D eigenvalue weighted by molar-refractivity contribution is 5.18. The van der Waals surface area contributed by atoms with Crippen LogP contribution in [0.1, 0.15) is 58.8 Å². The lowest BCUT2D eigenvalue weighted by atomic mass is 9.65. The van der Waals surface area contributed by atoms with Crippen molar-refractivity contribution in [1.82, 2.24) is 0 Å². The Morgan fingerprint density at radius 2 is 1.69 bits per heavy atom. The van der Waals surface area contributed by atoms with Gasteiger partial charge in [-0.3, -0.25) is 0 Å². The maximum Gasteiger partial charge on any atom is 0.0599 e. The fourth-order valence-electron chi connectivity index (χ4n) is 5.90. The summed E-state index contributed by atoms with van der Waals surface area (Å²) in [4.78, 5) is 0. The van der Waals surface area contributed by atoms with Crippen LogP contribution in [0.25, 0.3) is 0 Å². The Morgan fingerprint density at radius 3 is 2.38 bits per heavy atom. The van der Waals surface area contributed by atoms with E-state index in [9.17, 15) is 5.11 Å². The van der Waals surface area contributed by atoms with Gasteiger partial charge in [-0.2, -0.15) is 0 Å². The minimum atomic E-state index is -0.0155. The van der Waals surface area contributed by atoms with E-state index in [1.54, 1.807) is 0 Å². The monoisotopic (exact) mass is 220 g/mol. The van der Waals surface area contributed by atoms with Gasteiger partial charge in [0, 0.05) is 0 Å². The number of aliphatic hydroxyl groups excluding tert-OH is 1. The molecule has 90 valence electrons. The Balaban J connectivity index is 1.72. The van der Waals surface area contributed by atoms with E-state index in [2.05, 4.69) is 13.8 Å². The lowest BCUT2D eigenvalue weighted by molar-refractivity contribution is 0.00105. The smallest absolute Gasteiger partial charge is 0.0599 e. The standard InChI is InChI=1S/C15H24O/c1-13-4-3-12(16)14(13,2)7-10-8-15(5-6-15)9-11(10)13/h10-12,16H,3-9H2,1-2H3/t10-,11+,12-,13-,14-/m0/s1. The maximum absolute atomic E-state index is 10.3. The van der Waals surface area contributed by atoms with Gasteiger partial charge in [-0.05, 0) is 73.0 Å². The van der Waals surface area contributed by atoms with Crippen LogP contribution in [0.5, 0.6) is 0 Å². The number of hydrogen-bond acceptors (Lipinski definition) is 1. The van der Waals surface area contributed by atoms with E-state index in [4.69, 9.17) is 0 Å². The molecule has 0 aromatic heterocycles. The van der Waals surface area contributed by atoms with Crippen molar-refractivity contribution in [3.05, 3.63) is 0 Å². The first kappa shape index (κ1) is 9.94. The van der Waals surface area contributed by atoms with E-state index >= 15 is 0 Å². The van der Waals surface area contributed by atoms with E-state index in [-0.39, 0.29) is 11.5 Å². The van der Waals surface area contributed by atoms with Crippen LogP contribution < -0.4 is 0 Å². The molecule has 4 saturated carbocycles. The van der Waals surface area contributed by atoms with E-state index in [1.165, 1.54) is 38.5 Å². The number of hydrogen-bond donors (Lipinski definition) is 1. The van der Waals surface area contributed by atoms with Gasteiger partial charge in [-0.1, -0.05) is 13.8 Å². The molecule has 4 rings (SSSR count). The van der Waals surface area contributed by atoms with Crippen LogP contribution in [0.15, 0.2) is 0 Å². The van der Waals surface area contributed by atoms with E-state index in [0.29, 0.717) is 5.41 Å². The summed E-state index contributed by atoms with van der Waals surface area (Å²) >= 11 is 0. The molecule has 0 aromatic rings. The minimum Gasteiger partial charge on any atom is -0.393 e. The molecule has 0 saturated heterocycles. The molecule has 4 fully saturated rings. The van der Waals surface area contributed by atoms with Crippen LogP contribution in [-0.2, 0) is 0 Å². The minimum absolute atomic E-state index is 0.0155. The zero-order valence-corrected chi connectivity index (χ0v) is 10.6. The van der Waals surface area contributed by atoms with Gasteiger partial charge in [-0.15, -0.1) is 0 Å². The van der Waals surface area contributed by atoms with Crippen molar-refractivity contribution in [3.63, 3.8) is 0 Å². The van der Waals surface area contributed by atoms with Crippen molar-refractivity contribution < 1.29 is 5.11 Å². The lowest BCUT2D eigenvalue weighted by Crippen LogP contribution is -2.38. The Morgan fingerprint density at radius 1 is 0.938 bits per heavy atom. The molecule has 0 heterocycles. The maximum atomic E-state index is 10.3. The third kappa shape index (κ3) is 0.903. The van der Waals surface area contributed by atoms with Crippen LogP contribution in [0, 0.1) is 28.1 Å². The Kier molecular flexibility index (Phi) is 1.57. The van der Waals surface area contributed by atoms with Crippen LogP contribution in [-0.4, -0.2) is 11.2 Å². The first-order chi connectivity index (χ1) is 7.49. The summed E-state index contributed by atoms with van der Waals surface area (Å²) in [5.74, 6) is 1.89. The summed E-state index contributed by atoms with van der Waals surface area (Å²) in [6, 6.07) is 0. The van der Waals surface area contributed by atoms with E-state index < -0.39 is 0 Å². The third-order valence-electron chi connectivity index (χ3n) is 7.36. The molecule has 0 unspecified atom stereocenters. The summed E-state index contributed by atoms with van der Waals surface area (Å²) < 4.78 is 0. The molecule has 0 aliphatic heterocycles. The second-order valence-corrected chi connectivity index (χ2v) is 7.87. The molecule has 0 bridgehead atoms. The zero-order chi connectivity index (χ0) is 11.2. The van der Waals surface area contributed by atoms with E-state index in [1.807, 2.05) is 0 Å². The summed E-state index contributed by atoms with van der Waals surface area (Å²) in [6.07, 6.45) is 9.65. The molecular formula is C15H24O. The molecular weight excluding hydrogens is 196 g/mol. The second-order valence-electron chi connectivity index (χ2n) is 7.87. The molecule has 1 heteroatoms. The Hall–Kier alpha value is -0.0400. The summed E-state index contributed by atoms with van der Waals surface area (Å²) in [5, 5.41) is 10.3. The Bertz CT molecular complexity index is 345. The van der Waals surface area contributed by atoms with Gasteiger partial charge in [0.25, 0.3) is 0 Å². The van der Waals surface area contributed by atoms with Crippen molar-refractivity contribution in [2.75, 3.05) is 0 Å². The van der Waals surface area contributed by atoms with Crippen molar-refractivity contribution in [2.24, 2.45) is 28.1 Å². The molecule has 1 nitrogen and oxygen atoms in total. The molecule has 5 atom stereocenters. The topological polar surface area (TPSA) is 20.2 Å². The van der Waals surface area contributed by atoms with Gasteiger partial charge >= 0.3 is 0 Å². The second kappa shape index (κ2) is 2.53. The zero-order valence-electron chi connectivity index (χ0n) is 10.6. The SMILES string of the molecule is C[C@@]12CC[C@H](O)[C@]1(C)C[C@H]1CC3(CC3)C[C@H]12. The normalized spacial score (nSPS) is 61.3. The molecule has 0 radical (unpaired) electrons. The van der Waals surface area contributed by atoms with Gasteiger partial charge in [-0.25, -0.2) is 0 Å². The summed E-state index contributed by atoms with van der Waals surface area (Å²) in [5.41, 5.74) is 1.51. The average molecular weight is 220 g/mol. The van der Waals surface area contributed by atoms with Crippen molar-refractivity contribution in [2.45, 2.75) is 64.9 Å². The molecule has 4 aliphatic carbocycles. The summed E-state index contributed by atoms with van der Waals surface area (Å²) in [6.45, 7) is 4.87. The van der Waals surface area contributed by atoms with Crippen molar-refractivity contribution >= 4 is 0 Å². The number of fused-ring (bicyclic) bond motifs is 3. The van der Waals surface area contributed by atoms with Crippen LogP contribution in [0.4, 0.5) is 0 Å². The number of rotatable bonds is 0.